The van der Waals surface area contributed by atoms with Gasteiger partial charge in [0, 0.05) is 29.9 Å². The van der Waals surface area contributed by atoms with Gasteiger partial charge in [0.25, 0.3) is 5.91 Å². The van der Waals surface area contributed by atoms with E-state index in [2.05, 4.69) is 0 Å². The Kier molecular flexibility index (Phi) is 5.63. The molecule has 7 heteroatoms. The van der Waals surface area contributed by atoms with Crippen LogP contribution in [0.2, 0.25) is 0 Å². The highest BCUT2D eigenvalue weighted by Crippen LogP contribution is 2.41. The number of carbonyl (C=O) groups is 1. The van der Waals surface area contributed by atoms with Crippen molar-refractivity contribution in [2.24, 2.45) is 0 Å². The molecule has 1 aliphatic rings. The molecule has 5 nitrogen and oxygen atoms in total. The van der Waals surface area contributed by atoms with Crippen LogP contribution >= 0.6 is 11.3 Å². The van der Waals surface area contributed by atoms with Crippen molar-refractivity contribution in [2.75, 3.05) is 34.4 Å². The molecule has 0 saturated heterocycles. The van der Waals surface area contributed by atoms with Gasteiger partial charge < -0.3 is 19.1 Å². The zero-order valence-electron chi connectivity index (χ0n) is 17.0. The van der Waals surface area contributed by atoms with Crippen molar-refractivity contribution >= 4 is 32.9 Å². The van der Waals surface area contributed by atoms with Gasteiger partial charge in [-0.05, 0) is 41.6 Å². The van der Waals surface area contributed by atoms with E-state index in [9.17, 15) is 9.18 Å². The van der Waals surface area contributed by atoms with E-state index >= 15 is 0 Å². The Hall–Kier alpha value is -3.06. The van der Waals surface area contributed by atoms with Gasteiger partial charge in [-0.2, -0.15) is 0 Å². The minimum absolute atomic E-state index is 0.0411. The summed E-state index contributed by atoms with van der Waals surface area (Å²) in [5, 5.41) is 0.754. The zero-order chi connectivity index (χ0) is 21.3. The van der Waals surface area contributed by atoms with Crippen molar-refractivity contribution < 1.29 is 23.4 Å². The molecule has 1 amide bonds. The van der Waals surface area contributed by atoms with E-state index in [1.165, 1.54) is 23.5 Å². The highest BCUT2D eigenvalue weighted by Gasteiger charge is 2.24. The summed E-state index contributed by atoms with van der Waals surface area (Å²) >= 11 is 1.39. The van der Waals surface area contributed by atoms with Crippen molar-refractivity contribution in [1.29, 1.82) is 0 Å². The maximum atomic E-state index is 13.5. The molecule has 0 saturated carbocycles. The number of methoxy groups -OCH3 is 3. The fourth-order valence-corrected chi connectivity index (χ4v) is 4.69. The Bertz CT molecular complexity index is 1110. The minimum Gasteiger partial charge on any atom is -0.496 e. The lowest BCUT2D eigenvalue weighted by molar-refractivity contribution is 0.0777. The number of benzene rings is 2. The predicted octanol–water partition coefficient (Wildman–Crippen LogP) is 5.00. The Balaban J connectivity index is 1.59. The summed E-state index contributed by atoms with van der Waals surface area (Å²) in [4.78, 5) is 15.4. The van der Waals surface area contributed by atoms with Gasteiger partial charge in [-0.25, -0.2) is 4.39 Å². The molecule has 2 aromatic carbocycles. The molecule has 0 atom stereocenters. The zero-order valence-corrected chi connectivity index (χ0v) is 17.8. The van der Waals surface area contributed by atoms with Crippen molar-refractivity contribution in [3.63, 3.8) is 0 Å². The van der Waals surface area contributed by atoms with Crippen LogP contribution in [-0.2, 0) is 0 Å². The first-order valence-electron chi connectivity index (χ1n) is 9.52. The van der Waals surface area contributed by atoms with E-state index in [4.69, 9.17) is 14.2 Å². The highest BCUT2D eigenvalue weighted by molar-refractivity contribution is 7.20. The topological polar surface area (TPSA) is 48.0 Å². The summed E-state index contributed by atoms with van der Waals surface area (Å²) in [7, 11) is 4.82. The van der Waals surface area contributed by atoms with Gasteiger partial charge in [-0.1, -0.05) is 6.08 Å². The number of thiophene rings is 1. The Morgan fingerprint density at radius 1 is 1.03 bits per heavy atom. The molecule has 0 spiro atoms. The van der Waals surface area contributed by atoms with Crippen LogP contribution in [0.5, 0.6) is 17.2 Å². The Labute approximate surface area is 178 Å². The molecule has 1 aromatic heterocycles. The van der Waals surface area contributed by atoms with E-state index < -0.39 is 0 Å². The van der Waals surface area contributed by atoms with Crippen LogP contribution in [0.15, 0.2) is 42.5 Å². The van der Waals surface area contributed by atoms with E-state index in [1.807, 2.05) is 18.2 Å². The van der Waals surface area contributed by atoms with Crippen LogP contribution in [0.3, 0.4) is 0 Å². The van der Waals surface area contributed by atoms with Crippen molar-refractivity contribution in [3.8, 4) is 17.2 Å². The normalized spacial score (nSPS) is 13.9. The average Bonchev–Trinajstić information content (AvgIpc) is 3.20. The van der Waals surface area contributed by atoms with Gasteiger partial charge in [0.2, 0.25) is 0 Å². The van der Waals surface area contributed by atoms with Gasteiger partial charge in [-0.3, -0.25) is 4.79 Å². The number of halogens is 1. The monoisotopic (exact) mass is 427 g/mol. The predicted molar refractivity (Wildman–Crippen MR) is 116 cm³/mol. The first-order chi connectivity index (χ1) is 14.5. The molecule has 4 rings (SSSR count). The third-order valence-electron chi connectivity index (χ3n) is 5.22. The van der Waals surface area contributed by atoms with Gasteiger partial charge in [-0.15, -0.1) is 11.3 Å². The van der Waals surface area contributed by atoms with E-state index in [0.29, 0.717) is 41.6 Å². The first kappa shape index (κ1) is 20.2. The average molecular weight is 427 g/mol. The first-order valence-corrected chi connectivity index (χ1v) is 10.3. The lowest BCUT2D eigenvalue weighted by atomic mass is 9.97. The highest BCUT2D eigenvalue weighted by atomic mass is 32.1. The summed E-state index contributed by atoms with van der Waals surface area (Å²) in [5.74, 6) is 1.65. The van der Waals surface area contributed by atoms with Crippen LogP contribution in [0, 0.1) is 5.82 Å². The molecule has 0 fully saturated rings. The van der Waals surface area contributed by atoms with Crippen LogP contribution < -0.4 is 14.2 Å². The van der Waals surface area contributed by atoms with Gasteiger partial charge >= 0.3 is 0 Å². The molecular weight excluding hydrogens is 405 g/mol. The van der Waals surface area contributed by atoms with Gasteiger partial charge in [0.15, 0.2) is 0 Å². The molecule has 1 aliphatic heterocycles. The van der Waals surface area contributed by atoms with Crippen molar-refractivity contribution in [3.05, 3.63) is 58.7 Å². The van der Waals surface area contributed by atoms with Crippen molar-refractivity contribution in [1.82, 2.24) is 4.90 Å². The fraction of sp³-hybridized carbons (Fsp3) is 0.261. The smallest absolute Gasteiger partial charge is 0.264 e. The summed E-state index contributed by atoms with van der Waals surface area (Å²) in [6.07, 6.45) is 2.70. The van der Waals surface area contributed by atoms with Crippen LogP contribution in [0.4, 0.5) is 4.39 Å². The summed E-state index contributed by atoms with van der Waals surface area (Å²) in [6.45, 7) is 1.06. The maximum absolute atomic E-state index is 13.5. The van der Waals surface area contributed by atoms with E-state index in [0.717, 1.165) is 21.2 Å². The summed E-state index contributed by atoms with van der Waals surface area (Å²) in [5.41, 5.74) is 1.94. The number of nitrogens with zero attached hydrogens (tertiary/aromatic N) is 1. The number of hydrogen-bond acceptors (Lipinski definition) is 5. The molecule has 156 valence electrons. The second-order valence-corrected chi connectivity index (χ2v) is 8.01. The maximum Gasteiger partial charge on any atom is 0.264 e. The molecular formula is C23H22FNO4S. The van der Waals surface area contributed by atoms with E-state index in [-0.39, 0.29) is 11.7 Å². The third kappa shape index (κ3) is 3.73. The van der Waals surface area contributed by atoms with Crippen LogP contribution in [0.25, 0.3) is 15.7 Å². The number of rotatable bonds is 5. The van der Waals surface area contributed by atoms with Gasteiger partial charge in [0.05, 0.1) is 31.8 Å². The standard InChI is InChI=1S/C23H22FNO4S/c1-27-17-12-18(28-2)22(19(13-17)29-3)14-6-8-25(9-7-14)23(26)21-11-15-10-16(24)4-5-20(15)30-21/h4-6,10-13H,7-9H2,1-3H3. The lowest BCUT2D eigenvalue weighted by Crippen LogP contribution is -2.34. The number of ether oxygens (including phenoxy) is 3. The second-order valence-electron chi connectivity index (χ2n) is 6.93. The van der Waals surface area contributed by atoms with Crippen LogP contribution in [0.1, 0.15) is 21.7 Å². The molecule has 0 radical (unpaired) electrons. The molecule has 0 aliphatic carbocycles. The molecule has 2 heterocycles. The molecule has 0 N–H and O–H groups in total. The SMILES string of the molecule is COc1cc(OC)c(C2=CCN(C(=O)c3cc4cc(F)ccc4s3)CC2)c(OC)c1. The molecule has 0 bridgehead atoms. The second kappa shape index (κ2) is 8.36. The lowest BCUT2D eigenvalue weighted by Gasteiger charge is -2.27. The Morgan fingerprint density at radius 2 is 1.77 bits per heavy atom. The number of amides is 1. The quantitative estimate of drug-likeness (QED) is 0.575. The van der Waals surface area contributed by atoms with Crippen molar-refractivity contribution in [2.45, 2.75) is 6.42 Å². The minimum atomic E-state index is -0.299. The largest absolute Gasteiger partial charge is 0.496 e. The number of fused-ring (bicyclic) bond motifs is 1. The number of carbonyl (C=O) groups excluding carboxylic acids is 1. The Morgan fingerprint density at radius 3 is 2.37 bits per heavy atom. The molecule has 3 aromatic rings. The van der Waals surface area contributed by atoms with Crippen LogP contribution in [-0.4, -0.2) is 45.2 Å². The fourth-order valence-electron chi connectivity index (χ4n) is 3.68. The summed E-state index contributed by atoms with van der Waals surface area (Å²) < 4.78 is 30.8. The number of hydrogen-bond donors (Lipinski definition) is 0. The molecule has 0 unspecified atom stereocenters. The third-order valence-corrected chi connectivity index (χ3v) is 6.33. The molecule has 30 heavy (non-hydrogen) atoms. The van der Waals surface area contributed by atoms with Gasteiger partial charge in [0.1, 0.15) is 23.1 Å². The summed E-state index contributed by atoms with van der Waals surface area (Å²) in [6, 6.07) is 10.00. The van der Waals surface area contributed by atoms with E-state index in [1.54, 1.807) is 38.4 Å².